The third-order valence-electron chi connectivity index (χ3n) is 1.31. The maximum absolute atomic E-state index is 12.7. The predicted molar refractivity (Wildman–Crippen MR) is 45.7 cm³/mol. The number of rotatable bonds is 4. The molecule has 0 unspecified atom stereocenters. The van der Waals surface area contributed by atoms with E-state index in [1.54, 1.807) is 0 Å². The molecule has 0 aliphatic rings. The number of carbonyl (C=O) groups is 1. The van der Waals surface area contributed by atoms with Crippen LogP contribution in [-0.4, -0.2) is 40.3 Å². The zero-order valence-corrected chi connectivity index (χ0v) is 8.07. The molecule has 0 aromatic rings. The van der Waals surface area contributed by atoms with Crippen LogP contribution in [0.3, 0.4) is 0 Å². The molecule has 86 valence electrons. The van der Waals surface area contributed by atoms with Crippen LogP contribution in [0.1, 0.15) is 13.8 Å². The number of halogens is 2. The summed E-state index contributed by atoms with van der Waals surface area (Å²) in [5, 5.41) is 21.2. The Morgan fingerprint density at radius 2 is 1.93 bits per heavy atom. The van der Waals surface area contributed by atoms with Crippen molar-refractivity contribution in [3.63, 3.8) is 0 Å². The first kappa shape index (κ1) is 13.3. The highest BCUT2D eigenvalue weighted by Gasteiger charge is 2.38. The maximum Gasteiger partial charge on any atom is 0.362 e. The number of oxime groups is 2. The normalized spacial score (nSPS) is 13.9. The summed E-state index contributed by atoms with van der Waals surface area (Å²) in [6, 6.07) is 0. The summed E-state index contributed by atoms with van der Waals surface area (Å²) in [5.74, 6) is -4.92. The van der Waals surface area contributed by atoms with Crippen molar-refractivity contribution in [3.05, 3.63) is 0 Å². The number of nitrogens with zero attached hydrogens (tertiary/aromatic N) is 2. The Morgan fingerprint density at radius 3 is 2.20 bits per heavy atom. The van der Waals surface area contributed by atoms with Gasteiger partial charge in [0.1, 0.15) is 0 Å². The van der Waals surface area contributed by atoms with Gasteiger partial charge in [0.05, 0.1) is 6.61 Å². The zero-order valence-electron chi connectivity index (χ0n) is 8.07. The van der Waals surface area contributed by atoms with Crippen molar-refractivity contribution >= 4 is 17.4 Å². The molecule has 0 aromatic carbocycles. The van der Waals surface area contributed by atoms with Gasteiger partial charge in [-0.15, -0.1) is 0 Å². The highest BCUT2D eigenvalue weighted by Crippen LogP contribution is 2.16. The van der Waals surface area contributed by atoms with Crippen LogP contribution >= 0.6 is 0 Å². The molecule has 0 aromatic heterocycles. The van der Waals surface area contributed by atoms with Gasteiger partial charge in [-0.05, 0) is 6.92 Å². The molecular weight excluding hydrogens is 214 g/mol. The van der Waals surface area contributed by atoms with Gasteiger partial charge in [0, 0.05) is 6.92 Å². The molecular formula is C7H10F2N2O4. The fourth-order valence-electron chi connectivity index (χ4n) is 0.727. The van der Waals surface area contributed by atoms with Crippen LogP contribution in [0.15, 0.2) is 10.3 Å². The van der Waals surface area contributed by atoms with E-state index >= 15 is 0 Å². The van der Waals surface area contributed by atoms with Gasteiger partial charge in [0.2, 0.25) is 5.71 Å². The van der Waals surface area contributed by atoms with E-state index in [-0.39, 0.29) is 6.61 Å². The van der Waals surface area contributed by atoms with Crippen LogP contribution in [-0.2, 0) is 9.53 Å². The summed E-state index contributed by atoms with van der Waals surface area (Å²) in [6.07, 6.45) is 0. The molecule has 0 amide bonds. The number of hydrogen-bond acceptors (Lipinski definition) is 6. The van der Waals surface area contributed by atoms with Crippen molar-refractivity contribution in [2.75, 3.05) is 6.61 Å². The second kappa shape index (κ2) is 5.23. The minimum Gasteiger partial charge on any atom is -0.461 e. The van der Waals surface area contributed by atoms with Gasteiger partial charge in [-0.3, -0.25) is 0 Å². The lowest BCUT2D eigenvalue weighted by Gasteiger charge is -2.11. The first-order valence-electron chi connectivity index (χ1n) is 3.88. The topological polar surface area (TPSA) is 91.5 Å². The van der Waals surface area contributed by atoms with E-state index in [9.17, 15) is 13.6 Å². The van der Waals surface area contributed by atoms with E-state index in [0.717, 1.165) is 0 Å². The van der Waals surface area contributed by atoms with E-state index in [4.69, 9.17) is 10.4 Å². The molecule has 0 saturated heterocycles. The Morgan fingerprint density at radius 1 is 1.40 bits per heavy atom. The third kappa shape index (κ3) is 3.49. The van der Waals surface area contributed by atoms with Crippen LogP contribution in [0, 0.1) is 0 Å². The maximum atomic E-state index is 12.7. The summed E-state index contributed by atoms with van der Waals surface area (Å²) in [6.45, 7) is 1.73. The number of hydrogen-bond donors (Lipinski definition) is 2. The largest absolute Gasteiger partial charge is 0.461 e. The zero-order chi connectivity index (χ0) is 12.1. The van der Waals surface area contributed by atoms with Gasteiger partial charge in [0.15, 0.2) is 5.71 Å². The molecule has 0 radical (unpaired) electrons. The molecule has 2 N–H and O–H groups in total. The Balaban J connectivity index is 5.07. The Labute approximate surface area is 83.8 Å². The van der Waals surface area contributed by atoms with Gasteiger partial charge >= 0.3 is 5.97 Å². The lowest BCUT2D eigenvalue weighted by atomic mass is 10.1. The average molecular weight is 224 g/mol. The van der Waals surface area contributed by atoms with Crippen LogP contribution in [0.5, 0.6) is 0 Å². The number of ether oxygens (including phenoxy) is 1. The highest BCUT2D eigenvalue weighted by atomic mass is 19.3. The van der Waals surface area contributed by atoms with Gasteiger partial charge in [-0.2, -0.15) is 8.78 Å². The van der Waals surface area contributed by atoms with E-state index in [0.29, 0.717) is 6.92 Å². The van der Waals surface area contributed by atoms with E-state index in [1.807, 2.05) is 0 Å². The first-order chi connectivity index (χ1) is 6.88. The molecule has 0 heterocycles. The molecule has 0 rings (SSSR count). The molecule has 0 bridgehead atoms. The number of esters is 1. The van der Waals surface area contributed by atoms with Crippen molar-refractivity contribution in [2.24, 2.45) is 10.3 Å². The summed E-state index contributed by atoms with van der Waals surface area (Å²) < 4.78 is 29.8. The van der Waals surface area contributed by atoms with Gasteiger partial charge in [-0.25, -0.2) is 4.79 Å². The van der Waals surface area contributed by atoms with E-state index in [2.05, 4.69) is 15.0 Å². The molecule has 0 saturated carbocycles. The minimum absolute atomic E-state index is 0.0914. The molecule has 8 heteroatoms. The average Bonchev–Trinajstić information content (AvgIpc) is 2.11. The van der Waals surface area contributed by atoms with E-state index in [1.165, 1.54) is 6.92 Å². The summed E-state index contributed by atoms with van der Waals surface area (Å²) in [7, 11) is 0. The van der Waals surface area contributed by atoms with Crippen molar-refractivity contribution in [2.45, 2.75) is 19.8 Å². The smallest absolute Gasteiger partial charge is 0.362 e. The highest BCUT2D eigenvalue weighted by molar-refractivity contribution is 6.66. The van der Waals surface area contributed by atoms with Crippen molar-refractivity contribution < 1.29 is 28.7 Å². The summed E-state index contributed by atoms with van der Waals surface area (Å²) >= 11 is 0. The number of alkyl halides is 2. The Kier molecular flexibility index (Phi) is 4.62. The molecule has 15 heavy (non-hydrogen) atoms. The molecule has 0 spiro atoms. The van der Waals surface area contributed by atoms with Crippen LogP contribution in [0.4, 0.5) is 8.78 Å². The van der Waals surface area contributed by atoms with Gasteiger partial charge < -0.3 is 15.2 Å². The van der Waals surface area contributed by atoms with Crippen LogP contribution < -0.4 is 0 Å². The number of carbonyl (C=O) groups excluding carboxylic acids is 1. The molecule has 6 nitrogen and oxygen atoms in total. The van der Waals surface area contributed by atoms with Crippen LogP contribution in [0.2, 0.25) is 0 Å². The van der Waals surface area contributed by atoms with Gasteiger partial charge in [0.25, 0.3) is 5.92 Å². The Bertz CT molecular complexity index is 296. The second-order valence-electron chi connectivity index (χ2n) is 2.51. The SMILES string of the molecule is CCOC(=O)C(=NO)C(=NO)C(C)(F)F. The predicted octanol–water partition coefficient (Wildman–Crippen LogP) is 0.865. The monoisotopic (exact) mass is 224 g/mol. The van der Waals surface area contributed by atoms with Crippen molar-refractivity contribution in [3.8, 4) is 0 Å². The van der Waals surface area contributed by atoms with Crippen molar-refractivity contribution in [1.29, 1.82) is 0 Å². The third-order valence-corrected chi connectivity index (χ3v) is 1.31. The standard InChI is InChI=1S/C7H10F2N2O4/c1-3-15-6(12)4(10-13)5(11-14)7(2,8)9/h13-14H,3H2,1-2H3. The minimum atomic E-state index is -3.62. The van der Waals surface area contributed by atoms with Crippen LogP contribution in [0.25, 0.3) is 0 Å². The fraction of sp³-hybridized carbons (Fsp3) is 0.571. The van der Waals surface area contributed by atoms with Crippen molar-refractivity contribution in [1.82, 2.24) is 0 Å². The van der Waals surface area contributed by atoms with E-state index < -0.39 is 23.3 Å². The lowest BCUT2D eigenvalue weighted by Crippen LogP contribution is -2.38. The van der Waals surface area contributed by atoms with Gasteiger partial charge in [-0.1, -0.05) is 10.3 Å². The summed E-state index contributed by atoms with van der Waals surface area (Å²) in [5.41, 5.74) is -2.49. The fourth-order valence-corrected chi connectivity index (χ4v) is 0.727. The Hall–Kier alpha value is -1.73. The quantitative estimate of drug-likeness (QED) is 0.320. The molecule has 0 aliphatic heterocycles. The molecule has 0 atom stereocenters. The lowest BCUT2D eigenvalue weighted by molar-refractivity contribution is -0.135. The molecule has 0 fully saturated rings. The molecule has 0 aliphatic carbocycles. The second-order valence-corrected chi connectivity index (χ2v) is 2.51. The summed E-state index contributed by atoms with van der Waals surface area (Å²) in [4.78, 5) is 11.0. The first-order valence-corrected chi connectivity index (χ1v) is 3.88.